The van der Waals surface area contributed by atoms with E-state index >= 15 is 0 Å². The van der Waals surface area contributed by atoms with Gasteiger partial charge in [-0.2, -0.15) is 0 Å². The van der Waals surface area contributed by atoms with E-state index in [2.05, 4.69) is 45.3 Å². The quantitative estimate of drug-likeness (QED) is 0.359. The van der Waals surface area contributed by atoms with Crippen LogP contribution >= 0.6 is 0 Å². The Hall–Kier alpha value is -1.05. The van der Waals surface area contributed by atoms with E-state index in [9.17, 15) is 0 Å². The van der Waals surface area contributed by atoms with Gasteiger partial charge in [0.15, 0.2) is 0 Å². The monoisotopic (exact) mass is 275 g/mol. The molecule has 2 aliphatic rings. The summed E-state index contributed by atoms with van der Waals surface area (Å²) in [6.07, 6.45) is 8.50. The molecule has 0 aliphatic heterocycles. The first-order valence-corrected chi connectivity index (χ1v) is 7.98. The fraction of sp³-hybridized carbons (Fsp3) is 0.722. The predicted octanol–water partition coefficient (Wildman–Crippen LogP) is 5.12. The maximum absolute atomic E-state index is 5.99. The Morgan fingerprint density at radius 3 is 2.50 bits per heavy atom. The Labute approximate surface area is 124 Å². The van der Waals surface area contributed by atoms with Gasteiger partial charge in [-0.15, -0.1) is 0 Å². The number of rotatable bonds is 7. The van der Waals surface area contributed by atoms with Crippen molar-refractivity contribution in [1.29, 1.82) is 0 Å². The molecule has 0 unspecified atom stereocenters. The van der Waals surface area contributed by atoms with Crippen LogP contribution in [0.2, 0.25) is 0 Å². The summed E-state index contributed by atoms with van der Waals surface area (Å²) in [5.74, 6) is 1.87. The van der Waals surface area contributed by atoms with Gasteiger partial charge in [0, 0.05) is 17.2 Å². The lowest BCUT2D eigenvalue weighted by molar-refractivity contribution is 0.160. The van der Waals surface area contributed by atoms with E-state index < -0.39 is 0 Å². The van der Waals surface area contributed by atoms with Gasteiger partial charge < -0.3 is 4.74 Å². The Morgan fingerprint density at radius 2 is 2.05 bits per heavy atom. The van der Waals surface area contributed by atoms with Gasteiger partial charge in [-0.1, -0.05) is 33.8 Å². The minimum Gasteiger partial charge on any atom is -0.477 e. The third-order valence-electron chi connectivity index (χ3n) is 4.73. The number of hydrogen-bond acceptors (Lipinski definition) is 2. The average Bonchev–Trinajstić information content (AvgIpc) is 3.02. The van der Waals surface area contributed by atoms with E-state index in [0.717, 1.165) is 18.2 Å². The van der Waals surface area contributed by atoms with Crippen LogP contribution in [0.25, 0.3) is 0 Å². The summed E-state index contributed by atoms with van der Waals surface area (Å²) in [7, 11) is 0. The molecule has 0 N–H and O–H groups in total. The minimum atomic E-state index is 0.387. The van der Waals surface area contributed by atoms with Crippen molar-refractivity contribution in [3.63, 3.8) is 0 Å². The molecule has 2 heteroatoms. The highest BCUT2D eigenvalue weighted by molar-refractivity contribution is 5.84. The third kappa shape index (κ3) is 4.22. The summed E-state index contributed by atoms with van der Waals surface area (Å²) in [4.78, 5) is 4.68. The molecule has 0 radical (unpaired) electrons. The van der Waals surface area contributed by atoms with Crippen molar-refractivity contribution < 1.29 is 4.74 Å². The summed E-state index contributed by atoms with van der Waals surface area (Å²) in [6.45, 7) is 13.7. The van der Waals surface area contributed by atoms with Crippen LogP contribution in [0, 0.1) is 17.3 Å². The molecule has 2 nitrogen and oxygen atoms in total. The molecule has 2 rings (SSSR count). The van der Waals surface area contributed by atoms with E-state index in [1.807, 2.05) is 0 Å². The van der Waals surface area contributed by atoms with Crippen molar-refractivity contribution in [3.05, 3.63) is 24.1 Å². The lowest BCUT2D eigenvalue weighted by Gasteiger charge is -2.26. The van der Waals surface area contributed by atoms with Gasteiger partial charge in [-0.25, -0.2) is 4.99 Å². The van der Waals surface area contributed by atoms with Crippen molar-refractivity contribution in [1.82, 2.24) is 0 Å². The summed E-state index contributed by atoms with van der Waals surface area (Å²) in [5.41, 5.74) is 2.70. The van der Waals surface area contributed by atoms with Crippen LogP contribution in [0.4, 0.5) is 0 Å². The molecule has 112 valence electrons. The Kier molecular flexibility index (Phi) is 4.72. The summed E-state index contributed by atoms with van der Waals surface area (Å²) >= 11 is 0. The summed E-state index contributed by atoms with van der Waals surface area (Å²) in [6, 6.07) is 0. The van der Waals surface area contributed by atoms with Crippen molar-refractivity contribution in [3.8, 4) is 0 Å². The second-order valence-corrected chi connectivity index (χ2v) is 7.19. The average molecular weight is 275 g/mol. The van der Waals surface area contributed by atoms with Crippen molar-refractivity contribution >= 4 is 5.71 Å². The SMILES string of the molecule is C=C(/C=C(\N=C(C)C(C)C)OCC1(C)CC1)C1CCC1. The Bertz CT molecular complexity index is 423. The number of ether oxygens (including phenoxy) is 1. The lowest BCUT2D eigenvalue weighted by Crippen LogP contribution is -2.13. The molecule has 2 saturated carbocycles. The number of allylic oxidation sites excluding steroid dienone is 2. The molecule has 0 aromatic rings. The fourth-order valence-corrected chi connectivity index (χ4v) is 2.07. The summed E-state index contributed by atoms with van der Waals surface area (Å²) < 4.78 is 5.99. The normalized spacial score (nSPS) is 22.6. The van der Waals surface area contributed by atoms with Crippen molar-refractivity contribution in [2.75, 3.05) is 6.61 Å². The molecular weight excluding hydrogens is 246 g/mol. The zero-order valence-corrected chi connectivity index (χ0v) is 13.5. The molecule has 20 heavy (non-hydrogen) atoms. The second-order valence-electron chi connectivity index (χ2n) is 7.19. The molecule has 0 heterocycles. The maximum atomic E-state index is 5.99. The van der Waals surface area contributed by atoms with Gasteiger partial charge in [0.2, 0.25) is 5.88 Å². The number of nitrogens with zero attached hydrogens (tertiary/aromatic N) is 1. The Morgan fingerprint density at radius 1 is 1.40 bits per heavy atom. The van der Waals surface area contributed by atoms with Crippen LogP contribution in [-0.2, 0) is 4.74 Å². The molecule has 2 fully saturated rings. The van der Waals surface area contributed by atoms with Crippen LogP contribution in [0.5, 0.6) is 0 Å². The van der Waals surface area contributed by atoms with E-state index in [1.54, 1.807) is 0 Å². The predicted molar refractivity (Wildman–Crippen MR) is 85.8 cm³/mol. The van der Waals surface area contributed by atoms with Gasteiger partial charge in [-0.3, -0.25) is 0 Å². The van der Waals surface area contributed by atoms with Crippen LogP contribution in [-0.4, -0.2) is 12.3 Å². The molecule has 0 bridgehead atoms. The Balaban J connectivity index is 2.03. The third-order valence-corrected chi connectivity index (χ3v) is 4.73. The van der Waals surface area contributed by atoms with Crippen LogP contribution in [0.3, 0.4) is 0 Å². The fourth-order valence-electron chi connectivity index (χ4n) is 2.07. The van der Waals surface area contributed by atoms with Crippen molar-refractivity contribution in [2.45, 2.75) is 59.8 Å². The largest absolute Gasteiger partial charge is 0.477 e. The van der Waals surface area contributed by atoms with Crippen LogP contribution in [0.1, 0.15) is 59.8 Å². The van der Waals surface area contributed by atoms with E-state index in [-0.39, 0.29) is 0 Å². The first-order chi connectivity index (χ1) is 9.39. The molecule has 0 spiro atoms. The maximum Gasteiger partial charge on any atom is 0.213 e. The second kappa shape index (κ2) is 6.15. The molecule has 2 aliphatic carbocycles. The van der Waals surface area contributed by atoms with Gasteiger partial charge in [0.1, 0.15) is 0 Å². The van der Waals surface area contributed by atoms with Crippen LogP contribution < -0.4 is 0 Å². The lowest BCUT2D eigenvalue weighted by atomic mass is 9.80. The molecule has 0 aromatic carbocycles. The number of aliphatic imine (C=N–C) groups is 1. The molecule has 0 amide bonds. The zero-order chi connectivity index (χ0) is 14.8. The van der Waals surface area contributed by atoms with Gasteiger partial charge >= 0.3 is 0 Å². The van der Waals surface area contributed by atoms with Gasteiger partial charge in [0.25, 0.3) is 0 Å². The minimum absolute atomic E-state index is 0.387. The smallest absolute Gasteiger partial charge is 0.213 e. The van der Waals surface area contributed by atoms with Crippen molar-refractivity contribution in [2.24, 2.45) is 22.2 Å². The molecule has 0 atom stereocenters. The van der Waals surface area contributed by atoms with E-state index in [0.29, 0.717) is 17.3 Å². The topological polar surface area (TPSA) is 21.6 Å². The molecule has 0 aromatic heterocycles. The molecular formula is C18H29NO. The standard InChI is InChI=1S/C18H29NO/c1-13(2)15(4)19-17(20-12-18(5)9-10-18)11-14(3)16-7-6-8-16/h11,13,16H,3,6-10,12H2,1-2,4-5H3/b17-11+,19-15?. The van der Waals surface area contributed by atoms with E-state index in [1.165, 1.54) is 37.7 Å². The van der Waals surface area contributed by atoms with E-state index in [4.69, 9.17) is 4.74 Å². The first kappa shape index (κ1) is 15.3. The highest BCUT2D eigenvalue weighted by atomic mass is 16.5. The number of hydrogen-bond donors (Lipinski definition) is 0. The van der Waals surface area contributed by atoms with Crippen LogP contribution in [0.15, 0.2) is 29.1 Å². The molecule has 0 saturated heterocycles. The van der Waals surface area contributed by atoms with Gasteiger partial charge in [0.05, 0.1) is 6.61 Å². The first-order valence-electron chi connectivity index (χ1n) is 7.98. The van der Waals surface area contributed by atoms with Gasteiger partial charge in [-0.05, 0) is 50.0 Å². The zero-order valence-electron chi connectivity index (χ0n) is 13.5. The summed E-state index contributed by atoms with van der Waals surface area (Å²) in [5, 5.41) is 0. The highest BCUT2D eigenvalue weighted by Crippen LogP contribution is 2.45. The highest BCUT2D eigenvalue weighted by Gasteiger charge is 2.38.